The zero-order valence-electron chi connectivity index (χ0n) is 14.0. The average molecular weight is 428 g/mol. The third-order valence-electron chi connectivity index (χ3n) is 4.09. The molecule has 0 spiro atoms. The molecule has 0 aromatic heterocycles. The van der Waals surface area contributed by atoms with Gasteiger partial charge in [0.05, 0.1) is 0 Å². The maximum absolute atomic E-state index is 13.9. The molecule has 0 fully saturated rings. The summed E-state index contributed by atoms with van der Waals surface area (Å²) >= 11 is 0. The number of hydrogen-bond acceptors (Lipinski definition) is 2. The highest BCUT2D eigenvalue weighted by atomic mass is 32.2. The number of alkyl halides is 6. The topological polar surface area (TPSA) is 34.1 Å². The molecule has 0 bridgehead atoms. The van der Waals surface area contributed by atoms with E-state index in [2.05, 4.69) is 0 Å². The van der Waals surface area contributed by atoms with Gasteiger partial charge in [0, 0.05) is 43.9 Å². The van der Waals surface area contributed by atoms with Gasteiger partial charge in [-0.05, 0) is 35.4 Å². The molecule has 0 aliphatic rings. The van der Waals surface area contributed by atoms with Crippen molar-refractivity contribution in [2.24, 2.45) is 0 Å². The van der Waals surface area contributed by atoms with Gasteiger partial charge in [-0.1, -0.05) is 24.3 Å². The van der Waals surface area contributed by atoms with E-state index in [4.69, 9.17) is 0 Å². The van der Waals surface area contributed by atoms with Gasteiger partial charge in [-0.25, -0.2) is 0 Å². The van der Waals surface area contributed by atoms with Crippen LogP contribution in [-0.4, -0.2) is 33.3 Å². The molecular weight excluding hydrogens is 414 g/mol. The molecule has 0 radical (unpaired) electrons. The van der Waals surface area contributed by atoms with E-state index in [9.17, 15) is 34.8 Å². The fourth-order valence-electron chi connectivity index (χ4n) is 2.78. The summed E-state index contributed by atoms with van der Waals surface area (Å²) in [7, 11) is -3.11. The van der Waals surface area contributed by atoms with E-state index < -0.39 is 50.5 Å². The van der Waals surface area contributed by atoms with Gasteiger partial charge >= 0.3 is 12.4 Å². The molecule has 10 heteroatoms. The summed E-state index contributed by atoms with van der Waals surface area (Å²) < 4.78 is 106. The Hall–Kier alpha value is -1.68. The summed E-state index contributed by atoms with van der Waals surface area (Å²) in [4.78, 5) is 0.211. The van der Waals surface area contributed by atoms with Crippen LogP contribution in [0.3, 0.4) is 0 Å². The van der Waals surface area contributed by atoms with E-state index in [-0.39, 0.29) is 9.79 Å². The molecule has 0 amide bonds. The highest BCUT2D eigenvalue weighted by Crippen LogP contribution is 2.56. The molecule has 27 heavy (non-hydrogen) atoms. The van der Waals surface area contributed by atoms with Crippen LogP contribution in [-0.2, 0) is 27.0 Å². The van der Waals surface area contributed by atoms with Gasteiger partial charge in [-0.15, -0.1) is 0 Å². The van der Waals surface area contributed by atoms with Crippen LogP contribution in [0, 0.1) is 0 Å². The quantitative estimate of drug-likeness (QED) is 0.669. The molecule has 0 N–H and O–H groups in total. The van der Waals surface area contributed by atoms with Crippen molar-refractivity contribution in [3.63, 3.8) is 0 Å². The molecule has 2 unspecified atom stereocenters. The summed E-state index contributed by atoms with van der Waals surface area (Å²) in [5.74, 6) is 0. The van der Waals surface area contributed by atoms with Crippen LogP contribution in [0.5, 0.6) is 0 Å². The maximum Gasteiger partial charge on any atom is 0.411 e. The number of rotatable bonds is 4. The lowest BCUT2D eigenvalue weighted by atomic mass is 9.73. The normalized spacial score (nSPS) is 15.4. The number of halogens is 6. The third-order valence-corrected chi connectivity index (χ3v) is 5.96. The molecule has 0 aliphatic carbocycles. The second-order valence-corrected chi connectivity index (χ2v) is 8.46. The van der Waals surface area contributed by atoms with E-state index in [1.165, 1.54) is 12.5 Å². The lowest BCUT2D eigenvalue weighted by Gasteiger charge is -2.38. The lowest BCUT2D eigenvalue weighted by molar-refractivity contribution is -0.288. The monoisotopic (exact) mass is 428 g/mol. The summed E-state index contributed by atoms with van der Waals surface area (Å²) in [5.41, 5.74) is -6.36. The van der Waals surface area contributed by atoms with Gasteiger partial charge in [0.15, 0.2) is 0 Å². The predicted octanol–water partition coefficient (Wildman–Crippen LogP) is 4.57. The largest absolute Gasteiger partial charge is 0.411 e. The van der Waals surface area contributed by atoms with E-state index in [1.807, 2.05) is 0 Å². The minimum atomic E-state index is -5.70. The van der Waals surface area contributed by atoms with Crippen molar-refractivity contribution in [2.45, 2.75) is 27.6 Å². The highest BCUT2D eigenvalue weighted by molar-refractivity contribution is 7.84. The molecular formula is C17H14F6O2S2. The zero-order valence-corrected chi connectivity index (χ0v) is 15.7. The van der Waals surface area contributed by atoms with Crippen LogP contribution in [0.4, 0.5) is 26.3 Å². The molecule has 0 saturated heterocycles. The van der Waals surface area contributed by atoms with Crippen molar-refractivity contribution in [3.05, 3.63) is 59.7 Å². The van der Waals surface area contributed by atoms with Crippen molar-refractivity contribution in [1.82, 2.24) is 0 Å². The Balaban J connectivity index is 2.82. The summed E-state index contributed by atoms with van der Waals surface area (Å²) in [6, 6.07) is 6.65. The average Bonchev–Trinajstić information content (AvgIpc) is 2.53. The Bertz CT molecular complexity index is 781. The Morgan fingerprint density at radius 3 is 1.04 bits per heavy atom. The fourth-order valence-corrected chi connectivity index (χ4v) is 3.81. The minimum absolute atomic E-state index is 0.105. The van der Waals surface area contributed by atoms with Gasteiger partial charge in [0.1, 0.15) is 0 Å². The zero-order chi connectivity index (χ0) is 20.6. The predicted molar refractivity (Wildman–Crippen MR) is 90.4 cm³/mol. The minimum Gasteiger partial charge on any atom is -0.255 e. The summed E-state index contributed by atoms with van der Waals surface area (Å²) in [5, 5.41) is 0. The first kappa shape index (κ1) is 21.6. The third kappa shape index (κ3) is 3.82. The van der Waals surface area contributed by atoms with Crippen LogP contribution in [0.1, 0.15) is 11.1 Å². The molecule has 2 aromatic carbocycles. The van der Waals surface area contributed by atoms with Gasteiger partial charge in [-0.3, -0.25) is 8.42 Å². The van der Waals surface area contributed by atoms with Crippen molar-refractivity contribution in [1.29, 1.82) is 0 Å². The number of hydrogen-bond donors (Lipinski definition) is 0. The van der Waals surface area contributed by atoms with E-state index in [0.717, 1.165) is 24.3 Å². The molecule has 0 aliphatic heterocycles. The first-order chi connectivity index (χ1) is 12.3. The van der Waals surface area contributed by atoms with Crippen molar-refractivity contribution in [3.8, 4) is 0 Å². The van der Waals surface area contributed by atoms with Crippen LogP contribution < -0.4 is 0 Å². The van der Waals surface area contributed by atoms with Crippen molar-refractivity contribution < 1.29 is 34.8 Å². The van der Waals surface area contributed by atoms with Crippen molar-refractivity contribution in [2.75, 3.05) is 12.5 Å². The van der Waals surface area contributed by atoms with Gasteiger partial charge in [-0.2, -0.15) is 26.3 Å². The Morgan fingerprint density at radius 2 is 0.852 bits per heavy atom. The molecule has 2 aromatic rings. The molecule has 0 saturated carbocycles. The van der Waals surface area contributed by atoms with Crippen LogP contribution in [0.15, 0.2) is 58.3 Å². The second-order valence-electron chi connectivity index (χ2n) is 5.70. The van der Waals surface area contributed by atoms with Crippen molar-refractivity contribution >= 4 is 21.6 Å². The highest BCUT2D eigenvalue weighted by Gasteiger charge is 2.72. The first-order valence-electron chi connectivity index (χ1n) is 7.33. The molecule has 2 atom stereocenters. The van der Waals surface area contributed by atoms with Gasteiger partial charge < -0.3 is 0 Å². The van der Waals surface area contributed by atoms with Gasteiger partial charge in [0.25, 0.3) is 0 Å². The van der Waals surface area contributed by atoms with Crippen LogP contribution in [0.25, 0.3) is 0 Å². The Morgan fingerprint density at radius 1 is 0.593 bits per heavy atom. The first-order valence-corrected chi connectivity index (χ1v) is 10.5. The Labute approximate surface area is 156 Å². The second kappa shape index (κ2) is 7.38. The van der Waals surface area contributed by atoms with E-state index in [0.29, 0.717) is 24.3 Å². The molecule has 0 heterocycles. The van der Waals surface area contributed by atoms with Crippen LogP contribution in [0.2, 0.25) is 0 Å². The van der Waals surface area contributed by atoms with E-state index >= 15 is 0 Å². The molecule has 2 nitrogen and oxygen atoms in total. The van der Waals surface area contributed by atoms with Gasteiger partial charge in [0.2, 0.25) is 5.41 Å². The van der Waals surface area contributed by atoms with Crippen LogP contribution >= 0.6 is 0 Å². The Kier molecular flexibility index (Phi) is 5.91. The maximum atomic E-state index is 13.9. The molecule has 148 valence electrons. The SMILES string of the molecule is CS(=O)c1ccc(C(c2ccc(S(C)=O)cc2)(C(F)(F)F)C(F)(F)F)cc1. The smallest absolute Gasteiger partial charge is 0.255 e. The van der Waals surface area contributed by atoms with E-state index in [1.54, 1.807) is 0 Å². The molecule has 2 rings (SSSR count). The fraction of sp³-hybridized carbons (Fsp3) is 0.294. The standard InChI is InChI=1S/C17H14F6O2S2/c1-26(24)13-7-3-11(4-8-13)15(16(18,19)20,17(21,22)23)12-5-9-14(10-6-12)27(2)25/h3-10H,1-2H3. The summed E-state index contributed by atoms with van der Waals surface area (Å²) in [6.45, 7) is 0. The lowest BCUT2D eigenvalue weighted by Crippen LogP contribution is -2.54. The number of benzene rings is 2. The summed E-state index contributed by atoms with van der Waals surface area (Å²) in [6.07, 6.45) is -8.88.